The molecule has 0 radical (unpaired) electrons. The molecule has 1 aliphatic carbocycles. The lowest BCUT2D eigenvalue weighted by Gasteiger charge is -2.22. The van der Waals surface area contributed by atoms with Gasteiger partial charge in [0.2, 0.25) is 0 Å². The second kappa shape index (κ2) is 10.2. The Morgan fingerprint density at radius 1 is 0.818 bits per heavy atom. The van der Waals surface area contributed by atoms with Crippen molar-refractivity contribution in [3.63, 3.8) is 0 Å². The first-order valence-electron chi connectivity index (χ1n) is 11.1. The molecule has 0 fully saturated rings. The number of benzene rings is 3. The van der Waals surface area contributed by atoms with Gasteiger partial charge in [0, 0.05) is 17.2 Å². The Kier molecular flexibility index (Phi) is 7.07. The molecule has 0 aliphatic heterocycles. The summed E-state index contributed by atoms with van der Waals surface area (Å²) in [7, 11) is 3.07. The standard InChI is InChI=1S/C28H27F3O2/c1-32-22-12-9-20(10-13-22)25-15-11-21(27(30)28(25)31)8-5-18-3-6-19(7-4-18)24-16-14-23(33-2)17-26(24)29/h6,9-18H,3-5,7-8H2,1-2H3. The summed E-state index contributed by atoms with van der Waals surface area (Å²) in [5.74, 6) is -0.366. The van der Waals surface area contributed by atoms with E-state index >= 15 is 0 Å². The molecule has 0 heterocycles. The summed E-state index contributed by atoms with van der Waals surface area (Å²) in [4.78, 5) is 0. The van der Waals surface area contributed by atoms with Crippen LogP contribution in [0.1, 0.15) is 36.8 Å². The zero-order valence-electron chi connectivity index (χ0n) is 18.8. The molecule has 2 nitrogen and oxygen atoms in total. The largest absolute Gasteiger partial charge is 0.497 e. The average molecular weight is 453 g/mol. The van der Waals surface area contributed by atoms with Crippen LogP contribution < -0.4 is 9.47 Å². The van der Waals surface area contributed by atoms with E-state index in [1.54, 1.807) is 55.6 Å². The van der Waals surface area contributed by atoms with Gasteiger partial charge in [-0.05, 0) is 79.0 Å². The molecule has 3 aromatic carbocycles. The van der Waals surface area contributed by atoms with Crippen LogP contribution in [0.2, 0.25) is 0 Å². The topological polar surface area (TPSA) is 18.5 Å². The maximum Gasteiger partial charge on any atom is 0.166 e. The molecule has 0 amide bonds. The van der Waals surface area contributed by atoms with Crippen molar-refractivity contribution in [1.29, 1.82) is 0 Å². The number of halogens is 3. The van der Waals surface area contributed by atoms with Gasteiger partial charge in [-0.15, -0.1) is 0 Å². The first-order valence-corrected chi connectivity index (χ1v) is 11.1. The van der Waals surface area contributed by atoms with Crippen LogP contribution in [0.25, 0.3) is 16.7 Å². The van der Waals surface area contributed by atoms with Crippen LogP contribution in [0, 0.1) is 23.4 Å². The summed E-state index contributed by atoms with van der Waals surface area (Å²) in [6.45, 7) is 0. The minimum absolute atomic E-state index is 0.241. The summed E-state index contributed by atoms with van der Waals surface area (Å²) in [6.07, 6.45) is 5.76. The Balaban J connectivity index is 1.40. The van der Waals surface area contributed by atoms with Gasteiger partial charge in [0.05, 0.1) is 14.2 Å². The van der Waals surface area contributed by atoms with Gasteiger partial charge >= 0.3 is 0 Å². The van der Waals surface area contributed by atoms with Gasteiger partial charge in [0.1, 0.15) is 17.3 Å². The molecular formula is C28H27F3O2. The molecule has 33 heavy (non-hydrogen) atoms. The number of rotatable bonds is 7. The van der Waals surface area contributed by atoms with Crippen molar-refractivity contribution >= 4 is 5.57 Å². The molecule has 0 saturated carbocycles. The Bertz CT molecular complexity index is 1150. The fourth-order valence-corrected chi connectivity index (χ4v) is 4.41. The molecule has 1 aliphatic rings. The molecule has 1 atom stereocenters. The van der Waals surface area contributed by atoms with Crippen molar-refractivity contribution in [2.75, 3.05) is 14.2 Å². The van der Waals surface area contributed by atoms with Crippen LogP contribution >= 0.6 is 0 Å². The summed E-state index contributed by atoms with van der Waals surface area (Å²) < 4.78 is 54.1. The van der Waals surface area contributed by atoms with Crippen LogP contribution in [0.15, 0.2) is 60.7 Å². The van der Waals surface area contributed by atoms with E-state index in [1.165, 1.54) is 13.2 Å². The van der Waals surface area contributed by atoms with E-state index in [4.69, 9.17) is 9.47 Å². The predicted molar refractivity (Wildman–Crippen MR) is 125 cm³/mol. The van der Waals surface area contributed by atoms with Gasteiger partial charge in [0.15, 0.2) is 11.6 Å². The van der Waals surface area contributed by atoms with Crippen LogP contribution in [0.5, 0.6) is 11.5 Å². The van der Waals surface area contributed by atoms with E-state index in [0.717, 1.165) is 31.3 Å². The molecule has 0 spiro atoms. The number of hydrogen-bond donors (Lipinski definition) is 0. The Labute approximate surface area is 192 Å². The average Bonchev–Trinajstić information content (AvgIpc) is 2.85. The number of methoxy groups -OCH3 is 2. The third kappa shape index (κ3) is 5.08. The van der Waals surface area contributed by atoms with E-state index in [-0.39, 0.29) is 11.4 Å². The summed E-state index contributed by atoms with van der Waals surface area (Å²) in [5, 5.41) is 0. The first kappa shape index (κ1) is 23.0. The highest BCUT2D eigenvalue weighted by Gasteiger charge is 2.20. The Morgan fingerprint density at radius 3 is 2.15 bits per heavy atom. The van der Waals surface area contributed by atoms with Gasteiger partial charge < -0.3 is 9.47 Å². The second-order valence-electron chi connectivity index (χ2n) is 8.38. The Hall–Kier alpha value is -3.21. The van der Waals surface area contributed by atoms with Gasteiger partial charge in [-0.25, -0.2) is 13.2 Å². The lowest BCUT2D eigenvalue weighted by atomic mass is 9.83. The quantitative estimate of drug-likeness (QED) is 0.367. The predicted octanol–water partition coefficient (Wildman–Crippen LogP) is 7.60. The molecule has 1 unspecified atom stereocenters. The van der Waals surface area contributed by atoms with Crippen LogP contribution in [0.4, 0.5) is 13.2 Å². The maximum absolute atomic E-state index is 14.8. The Morgan fingerprint density at radius 2 is 1.52 bits per heavy atom. The molecule has 172 valence electrons. The number of ether oxygens (including phenoxy) is 2. The molecular weight excluding hydrogens is 425 g/mol. The van der Waals surface area contributed by atoms with Crippen molar-refractivity contribution < 1.29 is 22.6 Å². The molecule has 0 saturated heterocycles. The van der Waals surface area contributed by atoms with Gasteiger partial charge in [0.25, 0.3) is 0 Å². The lowest BCUT2D eigenvalue weighted by molar-refractivity contribution is 0.411. The van der Waals surface area contributed by atoms with Crippen molar-refractivity contribution in [3.8, 4) is 22.6 Å². The van der Waals surface area contributed by atoms with Crippen molar-refractivity contribution in [2.24, 2.45) is 5.92 Å². The highest BCUT2D eigenvalue weighted by molar-refractivity contribution is 5.67. The van der Waals surface area contributed by atoms with Crippen LogP contribution in [-0.2, 0) is 6.42 Å². The van der Waals surface area contributed by atoms with Gasteiger partial charge in [-0.2, -0.15) is 0 Å². The third-order valence-corrected chi connectivity index (χ3v) is 6.43. The highest BCUT2D eigenvalue weighted by atomic mass is 19.2. The minimum Gasteiger partial charge on any atom is -0.497 e. The van der Waals surface area contributed by atoms with Crippen LogP contribution in [0.3, 0.4) is 0 Å². The van der Waals surface area contributed by atoms with E-state index in [1.807, 2.05) is 0 Å². The monoisotopic (exact) mass is 452 g/mol. The van der Waals surface area contributed by atoms with E-state index in [2.05, 4.69) is 6.08 Å². The third-order valence-electron chi connectivity index (χ3n) is 6.43. The summed E-state index contributed by atoms with van der Waals surface area (Å²) in [6, 6.07) is 15.1. The number of allylic oxidation sites excluding steroid dienone is 2. The zero-order chi connectivity index (χ0) is 23.4. The minimum atomic E-state index is -0.821. The molecule has 3 aromatic rings. The maximum atomic E-state index is 14.8. The first-order chi connectivity index (χ1) is 16.0. The SMILES string of the molecule is COc1ccc(-c2ccc(CCC3CC=C(c4ccc(OC)cc4F)CC3)c(F)c2F)cc1. The van der Waals surface area contributed by atoms with Crippen molar-refractivity contribution in [2.45, 2.75) is 32.1 Å². The summed E-state index contributed by atoms with van der Waals surface area (Å²) in [5.41, 5.74) is 2.84. The zero-order valence-corrected chi connectivity index (χ0v) is 18.8. The smallest absolute Gasteiger partial charge is 0.166 e. The van der Waals surface area contributed by atoms with Crippen molar-refractivity contribution in [3.05, 3.63) is 89.3 Å². The molecule has 5 heteroatoms. The summed E-state index contributed by atoms with van der Waals surface area (Å²) >= 11 is 0. The van der Waals surface area contributed by atoms with Gasteiger partial charge in [-0.1, -0.05) is 30.3 Å². The molecule has 0 aromatic heterocycles. The van der Waals surface area contributed by atoms with E-state index < -0.39 is 11.6 Å². The fraction of sp³-hybridized carbons (Fsp3) is 0.286. The molecule has 4 rings (SSSR count). The second-order valence-corrected chi connectivity index (χ2v) is 8.38. The lowest BCUT2D eigenvalue weighted by Crippen LogP contribution is -2.08. The van der Waals surface area contributed by atoms with E-state index in [9.17, 15) is 13.2 Å². The number of aryl methyl sites for hydroxylation is 1. The fourth-order valence-electron chi connectivity index (χ4n) is 4.41. The van der Waals surface area contributed by atoms with E-state index in [0.29, 0.717) is 40.5 Å². The molecule has 0 bridgehead atoms. The van der Waals surface area contributed by atoms with Crippen molar-refractivity contribution in [1.82, 2.24) is 0 Å². The normalized spacial score (nSPS) is 15.8. The van der Waals surface area contributed by atoms with Gasteiger partial charge in [-0.3, -0.25) is 0 Å². The number of hydrogen-bond acceptors (Lipinski definition) is 2. The highest BCUT2D eigenvalue weighted by Crippen LogP contribution is 2.35. The molecule has 0 N–H and O–H groups in total. The van der Waals surface area contributed by atoms with Crippen LogP contribution in [-0.4, -0.2) is 14.2 Å².